The fourth-order valence-electron chi connectivity index (χ4n) is 6.05. The maximum atomic E-state index is 5.11. The molecule has 0 amide bonds. The number of benzene rings is 6. The van der Waals surface area contributed by atoms with Crippen LogP contribution in [0.2, 0.25) is 0 Å². The zero-order valence-corrected chi connectivity index (χ0v) is 24.9. The molecule has 9 rings (SSSR count). The van der Waals surface area contributed by atoms with Crippen molar-refractivity contribution in [3.8, 4) is 45.4 Å². The maximum Gasteiger partial charge on any atom is 0.165 e. The van der Waals surface area contributed by atoms with Crippen molar-refractivity contribution in [2.75, 3.05) is 0 Å². The summed E-state index contributed by atoms with van der Waals surface area (Å²) in [6.07, 6.45) is 1.94. The molecular formula is C40H24N4S. The summed E-state index contributed by atoms with van der Waals surface area (Å²) in [5, 5.41) is 7.04. The normalized spacial score (nSPS) is 11.6. The molecule has 0 spiro atoms. The molecule has 3 heterocycles. The molecule has 0 fully saturated rings. The van der Waals surface area contributed by atoms with Crippen LogP contribution in [-0.4, -0.2) is 19.9 Å². The smallest absolute Gasteiger partial charge is 0.165 e. The molecule has 210 valence electrons. The first kappa shape index (κ1) is 25.7. The van der Waals surface area contributed by atoms with Crippen molar-refractivity contribution in [3.63, 3.8) is 0 Å². The lowest BCUT2D eigenvalue weighted by Crippen LogP contribution is -2.00. The molecule has 0 radical (unpaired) electrons. The van der Waals surface area contributed by atoms with Gasteiger partial charge in [0.05, 0.1) is 5.69 Å². The Morgan fingerprint density at radius 2 is 1.11 bits per heavy atom. The molecule has 0 bridgehead atoms. The Balaban J connectivity index is 1.21. The highest BCUT2D eigenvalue weighted by Crippen LogP contribution is 2.39. The third-order valence-corrected chi connectivity index (χ3v) is 9.56. The lowest BCUT2D eigenvalue weighted by atomic mass is 10.0. The Kier molecular flexibility index (Phi) is 5.96. The molecule has 0 unspecified atom stereocenters. The molecule has 4 nitrogen and oxygen atoms in total. The van der Waals surface area contributed by atoms with Crippen molar-refractivity contribution >= 4 is 53.1 Å². The van der Waals surface area contributed by atoms with E-state index in [4.69, 9.17) is 19.9 Å². The van der Waals surface area contributed by atoms with E-state index in [0.29, 0.717) is 17.5 Å². The van der Waals surface area contributed by atoms with Crippen molar-refractivity contribution in [2.45, 2.75) is 0 Å². The summed E-state index contributed by atoms with van der Waals surface area (Å²) in [6.45, 7) is 0. The predicted molar refractivity (Wildman–Crippen MR) is 187 cm³/mol. The predicted octanol–water partition coefficient (Wildman–Crippen LogP) is 10.6. The van der Waals surface area contributed by atoms with Gasteiger partial charge in [0, 0.05) is 54.0 Å². The van der Waals surface area contributed by atoms with Crippen LogP contribution >= 0.6 is 11.3 Å². The summed E-state index contributed by atoms with van der Waals surface area (Å²) >= 11 is 1.78. The second kappa shape index (κ2) is 10.4. The van der Waals surface area contributed by atoms with Gasteiger partial charge in [0.25, 0.3) is 0 Å². The standard InChI is InChI=1S/C40H24N4S/c1-2-9-26(10-3-1)38-42-39(44-40(43-38)34-15-8-14-33-32-13-6-7-16-36(32)45-37(33)34)29-20-18-25-17-19-28(21-31(25)22-29)35-23-27-11-4-5-12-30(27)24-41-35/h1-24H. The van der Waals surface area contributed by atoms with E-state index >= 15 is 0 Å². The number of hydrogen-bond donors (Lipinski definition) is 0. The second-order valence-electron chi connectivity index (χ2n) is 11.1. The number of thiophene rings is 1. The van der Waals surface area contributed by atoms with E-state index in [0.717, 1.165) is 44.1 Å². The largest absolute Gasteiger partial charge is 0.256 e. The summed E-state index contributed by atoms with van der Waals surface area (Å²) in [5.41, 5.74) is 4.93. The molecule has 0 saturated heterocycles. The van der Waals surface area contributed by atoms with Gasteiger partial charge in [0.15, 0.2) is 17.5 Å². The van der Waals surface area contributed by atoms with Gasteiger partial charge in [-0.3, -0.25) is 4.98 Å². The number of aromatic nitrogens is 4. The van der Waals surface area contributed by atoms with Crippen LogP contribution < -0.4 is 0 Å². The van der Waals surface area contributed by atoms with Crippen LogP contribution in [0, 0.1) is 0 Å². The number of hydrogen-bond acceptors (Lipinski definition) is 5. The van der Waals surface area contributed by atoms with Crippen LogP contribution in [0.15, 0.2) is 146 Å². The van der Waals surface area contributed by atoms with Crippen molar-refractivity contribution in [1.82, 2.24) is 19.9 Å². The fourth-order valence-corrected chi connectivity index (χ4v) is 7.26. The Bertz CT molecular complexity index is 2550. The molecule has 0 aliphatic rings. The first-order valence-electron chi connectivity index (χ1n) is 14.9. The summed E-state index contributed by atoms with van der Waals surface area (Å²) in [7, 11) is 0. The zero-order chi connectivity index (χ0) is 29.7. The third-order valence-electron chi connectivity index (χ3n) is 8.34. The first-order chi connectivity index (χ1) is 22.3. The average Bonchev–Trinajstić information content (AvgIpc) is 3.50. The first-order valence-corrected chi connectivity index (χ1v) is 15.7. The lowest BCUT2D eigenvalue weighted by Gasteiger charge is -2.10. The van der Waals surface area contributed by atoms with Crippen LogP contribution in [0.4, 0.5) is 0 Å². The number of nitrogens with zero attached hydrogens (tertiary/aromatic N) is 4. The van der Waals surface area contributed by atoms with E-state index in [1.165, 1.54) is 25.6 Å². The molecule has 0 saturated carbocycles. The van der Waals surface area contributed by atoms with E-state index in [1.807, 2.05) is 42.6 Å². The van der Waals surface area contributed by atoms with E-state index in [2.05, 4.69) is 103 Å². The number of pyridine rings is 1. The molecule has 9 aromatic rings. The minimum Gasteiger partial charge on any atom is -0.256 e. The van der Waals surface area contributed by atoms with Crippen molar-refractivity contribution in [3.05, 3.63) is 146 Å². The van der Waals surface area contributed by atoms with Gasteiger partial charge in [-0.1, -0.05) is 109 Å². The highest BCUT2D eigenvalue weighted by Gasteiger charge is 2.17. The molecular weight excluding hydrogens is 569 g/mol. The number of rotatable bonds is 4. The fraction of sp³-hybridized carbons (Fsp3) is 0. The molecule has 0 N–H and O–H groups in total. The molecule has 0 aliphatic heterocycles. The van der Waals surface area contributed by atoms with Gasteiger partial charge in [-0.25, -0.2) is 15.0 Å². The third kappa shape index (κ3) is 4.53. The summed E-state index contributed by atoms with van der Waals surface area (Å²) in [4.78, 5) is 19.9. The highest BCUT2D eigenvalue weighted by molar-refractivity contribution is 7.26. The van der Waals surface area contributed by atoms with Gasteiger partial charge in [-0.05, 0) is 46.5 Å². The topological polar surface area (TPSA) is 51.6 Å². The maximum absolute atomic E-state index is 5.11. The number of fused-ring (bicyclic) bond motifs is 5. The Hall–Kier alpha value is -5.78. The van der Waals surface area contributed by atoms with Gasteiger partial charge in [0.2, 0.25) is 0 Å². The minimum absolute atomic E-state index is 0.646. The summed E-state index contributed by atoms with van der Waals surface area (Å²) in [5.74, 6) is 1.97. The summed E-state index contributed by atoms with van der Waals surface area (Å²) < 4.78 is 2.43. The lowest BCUT2D eigenvalue weighted by molar-refractivity contribution is 1.08. The van der Waals surface area contributed by atoms with Gasteiger partial charge in [0.1, 0.15) is 0 Å². The molecule has 0 aliphatic carbocycles. The Morgan fingerprint density at radius 1 is 0.422 bits per heavy atom. The van der Waals surface area contributed by atoms with Crippen LogP contribution in [0.3, 0.4) is 0 Å². The zero-order valence-electron chi connectivity index (χ0n) is 24.1. The van der Waals surface area contributed by atoms with Crippen molar-refractivity contribution < 1.29 is 0 Å². The van der Waals surface area contributed by atoms with Crippen LogP contribution in [0.5, 0.6) is 0 Å². The molecule has 5 heteroatoms. The van der Waals surface area contributed by atoms with E-state index < -0.39 is 0 Å². The van der Waals surface area contributed by atoms with Gasteiger partial charge in [-0.2, -0.15) is 0 Å². The van der Waals surface area contributed by atoms with E-state index in [9.17, 15) is 0 Å². The molecule has 6 aromatic carbocycles. The second-order valence-corrected chi connectivity index (χ2v) is 12.2. The van der Waals surface area contributed by atoms with Crippen LogP contribution in [0.25, 0.3) is 87.1 Å². The van der Waals surface area contributed by atoms with Gasteiger partial charge >= 0.3 is 0 Å². The quantitative estimate of drug-likeness (QED) is 0.204. The van der Waals surface area contributed by atoms with E-state index in [-0.39, 0.29) is 0 Å². The van der Waals surface area contributed by atoms with Gasteiger partial charge in [-0.15, -0.1) is 11.3 Å². The Labute approximate surface area is 263 Å². The molecule has 0 atom stereocenters. The highest BCUT2D eigenvalue weighted by atomic mass is 32.1. The molecule has 3 aromatic heterocycles. The Morgan fingerprint density at radius 3 is 2.00 bits per heavy atom. The van der Waals surface area contributed by atoms with Crippen LogP contribution in [-0.2, 0) is 0 Å². The van der Waals surface area contributed by atoms with E-state index in [1.54, 1.807) is 11.3 Å². The van der Waals surface area contributed by atoms with Crippen molar-refractivity contribution in [2.24, 2.45) is 0 Å². The summed E-state index contributed by atoms with van der Waals surface area (Å²) in [6, 6.07) is 48.5. The van der Waals surface area contributed by atoms with Crippen molar-refractivity contribution in [1.29, 1.82) is 0 Å². The minimum atomic E-state index is 0.646. The molecule has 45 heavy (non-hydrogen) atoms. The van der Waals surface area contributed by atoms with Crippen LogP contribution in [0.1, 0.15) is 0 Å². The monoisotopic (exact) mass is 592 g/mol. The van der Waals surface area contributed by atoms with Gasteiger partial charge < -0.3 is 0 Å². The SMILES string of the molecule is c1ccc(-c2nc(-c3ccc4ccc(-c5cc6ccccc6cn5)cc4c3)nc(-c3cccc4c3sc3ccccc34)n2)cc1. The average molecular weight is 593 g/mol.